The minimum Gasteiger partial charge on any atom is -0.465 e. The molecule has 1 aliphatic rings. The number of ether oxygens (including phenoxy) is 1. The molecule has 2 heterocycles. The molecule has 5 heteroatoms. The zero-order valence-electron chi connectivity index (χ0n) is 11.1. The fraction of sp³-hybridized carbons (Fsp3) is 0.571. The van der Waals surface area contributed by atoms with Gasteiger partial charge in [0.15, 0.2) is 0 Å². The standard InChI is InChI=1S/C14H19ClN2O2/c1-2-19-14(18)13-5-3-4-8-17(13)10-12-9-11(15)6-7-16-12/h6-7,9,13H,2-5,8,10H2,1H3. The normalized spacial score (nSPS) is 20.2. The van der Waals surface area contributed by atoms with E-state index in [0.717, 1.165) is 31.5 Å². The van der Waals surface area contributed by atoms with Crippen molar-refractivity contribution in [2.75, 3.05) is 13.2 Å². The first kappa shape index (κ1) is 14.3. The monoisotopic (exact) mass is 282 g/mol. The summed E-state index contributed by atoms with van der Waals surface area (Å²) in [6, 6.07) is 3.46. The van der Waals surface area contributed by atoms with E-state index in [9.17, 15) is 4.79 Å². The Kier molecular flexibility index (Phi) is 5.16. The van der Waals surface area contributed by atoms with Gasteiger partial charge >= 0.3 is 5.97 Å². The first-order valence-corrected chi connectivity index (χ1v) is 7.09. The number of hydrogen-bond acceptors (Lipinski definition) is 4. The van der Waals surface area contributed by atoms with Gasteiger partial charge in [-0.15, -0.1) is 0 Å². The Labute approximate surface area is 118 Å². The molecule has 0 bridgehead atoms. The van der Waals surface area contributed by atoms with Crippen LogP contribution in [0.3, 0.4) is 0 Å². The van der Waals surface area contributed by atoms with Crippen LogP contribution in [0.15, 0.2) is 18.3 Å². The molecule has 0 amide bonds. The van der Waals surface area contributed by atoms with Gasteiger partial charge in [-0.2, -0.15) is 0 Å². The molecule has 0 aromatic carbocycles. The smallest absolute Gasteiger partial charge is 0.323 e. The first-order valence-electron chi connectivity index (χ1n) is 6.72. The van der Waals surface area contributed by atoms with Crippen LogP contribution in [-0.2, 0) is 16.1 Å². The number of likely N-dealkylation sites (tertiary alicyclic amines) is 1. The van der Waals surface area contributed by atoms with E-state index < -0.39 is 0 Å². The molecular formula is C14H19ClN2O2. The molecule has 1 saturated heterocycles. The number of nitrogens with zero attached hydrogens (tertiary/aromatic N) is 2. The van der Waals surface area contributed by atoms with Crippen molar-refractivity contribution in [1.29, 1.82) is 0 Å². The molecule has 104 valence electrons. The van der Waals surface area contributed by atoms with E-state index >= 15 is 0 Å². The average molecular weight is 283 g/mol. The van der Waals surface area contributed by atoms with Gasteiger partial charge in [0.25, 0.3) is 0 Å². The van der Waals surface area contributed by atoms with Gasteiger partial charge in [0.2, 0.25) is 0 Å². The second-order valence-corrected chi connectivity index (χ2v) is 5.14. The summed E-state index contributed by atoms with van der Waals surface area (Å²) in [5.74, 6) is -0.121. The molecule has 2 rings (SSSR count). The maximum atomic E-state index is 12.0. The van der Waals surface area contributed by atoms with Crippen LogP contribution in [0.25, 0.3) is 0 Å². The summed E-state index contributed by atoms with van der Waals surface area (Å²) in [5, 5.41) is 0.676. The van der Waals surface area contributed by atoms with E-state index in [4.69, 9.17) is 16.3 Å². The van der Waals surface area contributed by atoms with E-state index in [1.807, 2.05) is 13.0 Å². The van der Waals surface area contributed by atoms with Crippen LogP contribution in [0.4, 0.5) is 0 Å². The van der Waals surface area contributed by atoms with Crippen molar-refractivity contribution in [2.24, 2.45) is 0 Å². The third kappa shape index (κ3) is 3.91. The second kappa shape index (κ2) is 6.87. The van der Waals surface area contributed by atoms with E-state index in [1.54, 1.807) is 12.3 Å². The SMILES string of the molecule is CCOC(=O)C1CCCCN1Cc1cc(Cl)ccn1. The van der Waals surface area contributed by atoms with Crippen LogP contribution < -0.4 is 0 Å². The molecular weight excluding hydrogens is 264 g/mol. The summed E-state index contributed by atoms with van der Waals surface area (Å²) in [6.45, 7) is 3.81. The van der Waals surface area contributed by atoms with Crippen LogP contribution in [-0.4, -0.2) is 35.0 Å². The molecule has 1 fully saturated rings. The Morgan fingerprint density at radius 3 is 3.16 bits per heavy atom. The molecule has 1 aromatic heterocycles. The molecule has 0 saturated carbocycles. The minimum absolute atomic E-state index is 0.121. The summed E-state index contributed by atoms with van der Waals surface area (Å²) in [6.07, 6.45) is 4.74. The molecule has 1 aliphatic heterocycles. The predicted octanol–water partition coefficient (Wildman–Crippen LogP) is 2.65. The zero-order chi connectivity index (χ0) is 13.7. The number of rotatable bonds is 4. The fourth-order valence-electron chi connectivity index (χ4n) is 2.43. The third-order valence-electron chi connectivity index (χ3n) is 3.32. The quantitative estimate of drug-likeness (QED) is 0.796. The molecule has 19 heavy (non-hydrogen) atoms. The number of carbonyl (C=O) groups is 1. The van der Waals surface area contributed by atoms with Gasteiger partial charge in [-0.3, -0.25) is 14.7 Å². The van der Waals surface area contributed by atoms with Gasteiger partial charge in [0.05, 0.1) is 12.3 Å². The number of pyridine rings is 1. The molecule has 4 nitrogen and oxygen atoms in total. The number of hydrogen-bond donors (Lipinski definition) is 0. The van der Waals surface area contributed by atoms with Crippen molar-refractivity contribution in [3.8, 4) is 0 Å². The maximum absolute atomic E-state index is 12.0. The van der Waals surface area contributed by atoms with Crippen molar-refractivity contribution in [3.05, 3.63) is 29.0 Å². The number of carbonyl (C=O) groups excluding carboxylic acids is 1. The van der Waals surface area contributed by atoms with Crippen molar-refractivity contribution in [1.82, 2.24) is 9.88 Å². The highest BCUT2D eigenvalue weighted by atomic mass is 35.5. The van der Waals surface area contributed by atoms with E-state index in [-0.39, 0.29) is 12.0 Å². The number of aromatic nitrogens is 1. The van der Waals surface area contributed by atoms with Gasteiger partial charge < -0.3 is 4.74 Å². The van der Waals surface area contributed by atoms with Gasteiger partial charge in [-0.1, -0.05) is 18.0 Å². The van der Waals surface area contributed by atoms with Crippen molar-refractivity contribution in [3.63, 3.8) is 0 Å². The second-order valence-electron chi connectivity index (χ2n) is 4.70. The zero-order valence-corrected chi connectivity index (χ0v) is 11.9. The summed E-state index contributed by atoms with van der Waals surface area (Å²) >= 11 is 5.96. The van der Waals surface area contributed by atoms with E-state index in [0.29, 0.717) is 18.2 Å². The van der Waals surface area contributed by atoms with Crippen LogP contribution in [0.2, 0.25) is 5.02 Å². The molecule has 0 N–H and O–H groups in total. The van der Waals surface area contributed by atoms with Crippen molar-refractivity contribution >= 4 is 17.6 Å². The first-order chi connectivity index (χ1) is 9.20. The van der Waals surface area contributed by atoms with Crippen LogP contribution in [0.5, 0.6) is 0 Å². The van der Waals surface area contributed by atoms with E-state index in [2.05, 4.69) is 9.88 Å². The molecule has 1 unspecified atom stereocenters. The molecule has 0 aliphatic carbocycles. The fourth-order valence-corrected chi connectivity index (χ4v) is 2.61. The molecule has 1 atom stereocenters. The Balaban J connectivity index is 2.05. The number of piperidine rings is 1. The van der Waals surface area contributed by atoms with Gasteiger partial charge in [0, 0.05) is 17.8 Å². The summed E-state index contributed by atoms with van der Waals surface area (Å²) in [5.41, 5.74) is 0.892. The lowest BCUT2D eigenvalue weighted by molar-refractivity contribution is -0.151. The van der Waals surface area contributed by atoms with Crippen molar-refractivity contribution < 1.29 is 9.53 Å². The lowest BCUT2D eigenvalue weighted by Crippen LogP contribution is -2.45. The van der Waals surface area contributed by atoms with E-state index in [1.165, 1.54) is 0 Å². The van der Waals surface area contributed by atoms with Crippen LogP contribution in [0.1, 0.15) is 31.9 Å². The predicted molar refractivity (Wildman–Crippen MR) is 73.9 cm³/mol. The largest absolute Gasteiger partial charge is 0.465 e. The summed E-state index contributed by atoms with van der Waals surface area (Å²) < 4.78 is 5.15. The Hall–Kier alpha value is -1.13. The van der Waals surface area contributed by atoms with Gasteiger partial charge in [0.1, 0.15) is 6.04 Å². The molecule has 1 aromatic rings. The molecule has 0 spiro atoms. The van der Waals surface area contributed by atoms with Gasteiger partial charge in [-0.05, 0) is 38.4 Å². The summed E-state index contributed by atoms with van der Waals surface area (Å²) in [4.78, 5) is 18.4. The maximum Gasteiger partial charge on any atom is 0.323 e. The van der Waals surface area contributed by atoms with Crippen molar-refractivity contribution in [2.45, 2.75) is 38.8 Å². The lowest BCUT2D eigenvalue weighted by Gasteiger charge is -2.33. The summed E-state index contributed by atoms with van der Waals surface area (Å²) in [7, 11) is 0. The lowest BCUT2D eigenvalue weighted by atomic mass is 10.0. The third-order valence-corrected chi connectivity index (χ3v) is 3.55. The highest BCUT2D eigenvalue weighted by Gasteiger charge is 2.29. The van der Waals surface area contributed by atoms with Crippen LogP contribution in [0, 0.1) is 0 Å². The minimum atomic E-state index is -0.144. The van der Waals surface area contributed by atoms with Crippen LogP contribution >= 0.6 is 11.6 Å². The number of halogens is 1. The van der Waals surface area contributed by atoms with Gasteiger partial charge in [-0.25, -0.2) is 0 Å². The Bertz CT molecular complexity index is 439. The average Bonchev–Trinajstić information content (AvgIpc) is 2.39. The molecule has 0 radical (unpaired) electrons. The highest BCUT2D eigenvalue weighted by molar-refractivity contribution is 6.30. The Morgan fingerprint density at radius 1 is 1.58 bits per heavy atom. The highest BCUT2D eigenvalue weighted by Crippen LogP contribution is 2.21. The topological polar surface area (TPSA) is 42.4 Å². The number of esters is 1. The Morgan fingerprint density at radius 2 is 2.42 bits per heavy atom.